The van der Waals surface area contributed by atoms with Crippen LogP contribution in [0.4, 0.5) is 11.4 Å². The predicted octanol–water partition coefficient (Wildman–Crippen LogP) is 2.34. The molecule has 6 heteroatoms. The molecule has 0 saturated heterocycles. The molecule has 2 aromatic carbocycles. The van der Waals surface area contributed by atoms with Gasteiger partial charge in [0.2, 0.25) is 0 Å². The topological polar surface area (TPSA) is 89.0 Å². The van der Waals surface area contributed by atoms with Gasteiger partial charge in [-0.15, -0.1) is 0 Å². The van der Waals surface area contributed by atoms with E-state index in [1.807, 2.05) is 30.3 Å². The van der Waals surface area contributed by atoms with E-state index in [2.05, 4.69) is 0 Å². The van der Waals surface area contributed by atoms with E-state index in [-0.39, 0.29) is 0 Å². The summed E-state index contributed by atoms with van der Waals surface area (Å²) in [5.74, 6) is 1.42. The molecule has 0 fully saturated rings. The number of anilines is 2. The molecule has 0 aromatic heterocycles. The lowest BCUT2D eigenvalue weighted by molar-refractivity contribution is 0.0274. The van der Waals surface area contributed by atoms with Gasteiger partial charge in [0, 0.05) is 11.8 Å². The third kappa shape index (κ3) is 6.76. The Labute approximate surface area is 142 Å². The molecule has 0 heterocycles. The average molecular weight is 332 g/mol. The minimum Gasteiger partial charge on any atom is -0.491 e. The van der Waals surface area contributed by atoms with Gasteiger partial charge in [0.1, 0.15) is 24.7 Å². The first-order valence-corrected chi connectivity index (χ1v) is 7.87. The highest BCUT2D eigenvalue weighted by Gasteiger charge is 2.00. The Kier molecular flexibility index (Phi) is 7.73. The largest absolute Gasteiger partial charge is 0.491 e. The smallest absolute Gasteiger partial charge is 0.144 e. The zero-order valence-corrected chi connectivity index (χ0v) is 13.6. The van der Waals surface area contributed by atoms with Crippen LogP contribution in [0, 0.1) is 0 Å². The molecule has 0 spiro atoms. The molecule has 24 heavy (non-hydrogen) atoms. The first-order valence-electron chi connectivity index (χ1n) is 7.87. The fraction of sp³-hybridized carbons (Fsp3) is 0.333. The Bertz CT molecular complexity index is 593. The van der Waals surface area contributed by atoms with E-state index < -0.39 is 0 Å². The predicted molar refractivity (Wildman–Crippen MR) is 94.3 cm³/mol. The van der Waals surface area contributed by atoms with Gasteiger partial charge in [-0.25, -0.2) is 0 Å². The van der Waals surface area contributed by atoms with E-state index in [0.29, 0.717) is 56.8 Å². The van der Waals surface area contributed by atoms with Crippen molar-refractivity contribution in [2.24, 2.45) is 0 Å². The molecule has 0 bridgehead atoms. The Balaban J connectivity index is 1.43. The molecular formula is C18H24N2O4. The average Bonchev–Trinajstić information content (AvgIpc) is 2.60. The molecule has 2 aromatic rings. The van der Waals surface area contributed by atoms with Crippen molar-refractivity contribution in [3.63, 3.8) is 0 Å². The zero-order chi connectivity index (χ0) is 17.0. The van der Waals surface area contributed by atoms with Gasteiger partial charge in [0.25, 0.3) is 0 Å². The molecule has 0 unspecified atom stereocenters. The standard InChI is InChI=1S/C18H24N2O4/c19-15-6-7-17(20)18(14-15)24-13-11-22-9-8-21-10-12-23-16-4-2-1-3-5-16/h1-7,14H,8-13,19-20H2. The zero-order valence-electron chi connectivity index (χ0n) is 13.6. The van der Waals surface area contributed by atoms with Gasteiger partial charge < -0.3 is 30.4 Å². The van der Waals surface area contributed by atoms with Crippen molar-refractivity contribution in [2.45, 2.75) is 0 Å². The minimum atomic E-state index is 0.408. The lowest BCUT2D eigenvalue weighted by Crippen LogP contribution is -2.13. The molecular weight excluding hydrogens is 308 g/mol. The second-order valence-corrected chi connectivity index (χ2v) is 5.03. The highest BCUT2D eigenvalue weighted by molar-refractivity contribution is 5.59. The van der Waals surface area contributed by atoms with Crippen LogP contribution in [0.25, 0.3) is 0 Å². The van der Waals surface area contributed by atoms with E-state index in [9.17, 15) is 0 Å². The van der Waals surface area contributed by atoms with Crippen LogP contribution in [0.3, 0.4) is 0 Å². The second-order valence-electron chi connectivity index (χ2n) is 5.03. The molecule has 2 rings (SSSR count). The molecule has 4 N–H and O–H groups in total. The number of rotatable bonds is 11. The summed E-state index contributed by atoms with van der Waals surface area (Å²) in [6.07, 6.45) is 0. The van der Waals surface area contributed by atoms with Crippen molar-refractivity contribution in [3.8, 4) is 11.5 Å². The van der Waals surface area contributed by atoms with Crippen LogP contribution in [-0.4, -0.2) is 39.6 Å². The number of benzene rings is 2. The molecule has 0 saturated carbocycles. The van der Waals surface area contributed by atoms with Crippen LogP contribution >= 0.6 is 0 Å². The van der Waals surface area contributed by atoms with Gasteiger partial charge in [0.15, 0.2) is 0 Å². The lowest BCUT2D eigenvalue weighted by atomic mass is 10.2. The van der Waals surface area contributed by atoms with Crippen molar-refractivity contribution in [1.29, 1.82) is 0 Å². The second kappa shape index (κ2) is 10.4. The summed E-state index contributed by atoms with van der Waals surface area (Å²) >= 11 is 0. The Morgan fingerprint density at radius 3 is 2.00 bits per heavy atom. The Hall–Kier alpha value is -2.44. The van der Waals surface area contributed by atoms with E-state index in [1.165, 1.54) is 0 Å². The maximum absolute atomic E-state index is 5.79. The lowest BCUT2D eigenvalue weighted by Gasteiger charge is -2.10. The number of nitrogen functional groups attached to an aromatic ring is 2. The number of nitrogens with two attached hydrogens (primary N) is 2. The van der Waals surface area contributed by atoms with Crippen LogP contribution in [0.5, 0.6) is 11.5 Å². The highest BCUT2D eigenvalue weighted by atomic mass is 16.6. The molecule has 6 nitrogen and oxygen atoms in total. The van der Waals surface area contributed by atoms with E-state index in [1.54, 1.807) is 18.2 Å². The molecule has 0 aliphatic carbocycles. The summed E-state index contributed by atoms with van der Waals surface area (Å²) in [5, 5.41) is 0. The van der Waals surface area contributed by atoms with E-state index in [0.717, 1.165) is 5.75 Å². The summed E-state index contributed by atoms with van der Waals surface area (Å²) in [7, 11) is 0. The van der Waals surface area contributed by atoms with Crippen LogP contribution < -0.4 is 20.9 Å². The molecule has 0 radical (unpaired) electrons. The highest BCUT2D eigenvalue weighted by Crippen LogP contribution is 2.23. The van der Waals surface area contributed by atoms with Crippen molar-refractivity contribution >= 4 is 11.4 Å². The third-order valence-electron chi connectivity index (χ3n) is 3.13. The summed E-state index contributed by atoms with van der Waals surface area (Å²) < 4.78 is 21.9. The van der Waals surface area contributed by atoms with Crippen molar-refractivity contribution < 1.29 is 18.9 Å². The number of ether oxygens (including phenoxy) is 4. The number of para-hydroxylation sites is 1. The van der Waals surface area contributed by atoms with Crippen LogP contribution in [0.1, 0.15) is 0 Å². The van der Waals surface area contributed by atoms with Crippen molar-refractivity contribution in [2.75, 3.05) is 51.1 Å². The van der Waals surface area contributed by atoms with Gasteiger partial charge in [0.05, 0.1) is 32.1 Å². The van der Waals surface area contributed by atoms with Crippen LogP contribution in [0.15, 0.2) is 48.5 Å². The summed E-state index contributed by atoms with van der Waals surface area (Å²) in [5.41, 5.74) is 12.6. The fourth-order valence-electron chi connectivity index (χ4n) is 1.94. The van der Waals surface area contributed by atoms with Gasteiger partial charge in [-0.1, -0.05) is 18.2 Å². The molecule has 0 aliphatic rings. The Morgan fingerprint density at radius 1 is 0.667 bits per heavy atom. The SMILES string of the molecule is Nc1ccc(N)c(OCCOCCOCCOc2ccccc2)c1. The summed E-state index contributed by atoms with van der Waals surface area (Å²) in [6.45, 7) is 2.92. The molecule has 0 amide bonds. The van der Waals surface area contributed by atoms with E-state index in [4.69, 9.17) is 30.4 Å². The maximum atomic E-state index is 5.79. The summed E-state index contributed by atoms with van der Waals surface area (Å²) in [6, 6.07) is 14.8. The quantitative estimate of drug-likeness (QED) is 0.485. The first-order chi connectivity index (χ1) is 11.8. The van der Waals surface area contributed by atoms with Crippen molar-refractivity contribution in [1.82, 2.24) is 0 Å². The van der Waals surface area contributed by atoms with Gasteiger partial charge in [-0.2, -0.15) is 0 Å². The number of hydrogen-bond acceptors (Lipinski definition) is 6. The molecule has 0 atom stereocenters. The van der Waals surface area contributed by atoms with E-state index >= 15 is 0 Å². The van der Waals surface area contributed by atoms with Crippen LogP contribution in [0.2, 0.25) is 0 Å². The fourth-order valence-corrected chi connectivity index (χ4v) is 1.94. The molecule has 0 aliphatic heterocycles. The first kappa shape index (κ1) is 17.9. The third-order valence-corrected chi connectivity index (χ3v) is 3.13. The van der Waals surface area contributed by atoms with Gasteiger partial charge >= 0.3 is 0 Å². The normalized spacial score (nSPS) is 10.5. The van der Waals surface area contributed by atoms with Crippen LogP contribution in [-0.2, 0) is 9.47 Å². The summed E-state index contributed by atoms with van der Waals surface area (Å²) in [4.78, 5) is 0. The Morgan fingerprint density at radius 2 is 1.29 bits per heavy atom. The maximum Gasteiger partial charge on any atom is 0.144 e. The molecule has 130 valence electrons. The van der Waals surface area contributed by atoms with Gasteiger partial charge in [-0.3, -0.25) is 0 Å². The van der Waals surface area contributed by atoms with Crippen molar-refractivity contribution in [3.05, 3.63) is 48.5 Å². The van der Waals surface area contributed by atoms with Gasteiger partial charge in [-0.05, 0) is 24.3 Å². The number of hydrogen-bond donors (Lipinski definition) is 2. The minimum absolute atomic E-state index is 0.408. The monoisotopic (exact) mass is 332 g/mol.